The van der Waals surface area contributed by atoms with E-state index in [0.29, 0.717) is 38.9 Å². The lowest BCUT2D eigenvalue weighted by Gasteiger charge is -2.20. The van der Waals surface area contributed by atoms with Gasteiger partial charge in [-0.25, -0.2) is 8.42 Å². The van der Waals surface area contributed by atoms with Crippen molar-refractivity contribution in [3.05, 3.63) is 29.8 Å². The molecule has 1 aliphatic heterocycles. The van der Waals surface area contributed by atoms with Crippen molar-refractivity contribution < 1.29 is 23.1 Å². The summed E-state index contributed by atoms with van der Waals surface area (Å²) < 4.78 is 27.1. The zero-order valence-corrected chi connectivity index (χ0v) is 15.8. The Balaban J connectivity index is 2.00. The molecule has 0 aliphatic carbocycles. The summed E-state index contributed by atoms with van der Waals surface area (Å²) in [5.74, 6) is -0.892. The number of nitrogens with zero attached hydrogens (tertiary/aromatic N) is 1. The normalized spacial score (nSPS) is 18.9. The van der Waals surface area contributed by atoms with E-state index in [9.17, 15) is 18.0 Å². The van der Waals surface area contributed by atoms with E-state index >= 15 is 0 Å². The molecule has 0 saturated carbocycles. The highest BCUT2D eigenvalue weighted by atomic mass is 32.2. The maximum atomic E-state index is 12.8. The molecule has 2 N–H and O–H groups in total. The fourth-order valence-electron chi connectivity index (χ4n) is 3.19. The Morgan fingerprint density at radius 1 is 1.19 bits per heavy atom. The molecule has 1 atom stereocenters. The summed E-state index contributed by atoms with van der Waals surface area (Å²) >= 11 is 0. The summed E-state index contributed by atoms with van der Waals surface area (Å²) in [4.78, 5) is 22.0. The molecule has 1 heterocycles. The zero-order valence-electron chi connectivity index (χ0n) is 15.0. The molecule has 8 heteroatoms. The molecule has 144 valence electrons. The van der Waals surface area contributed by atoms with Crippen LogP contribution in [0.5, 0.6) is 0 Å². The third-order valence-corrected chi connectivity index (χ3v) is 6.53. The van der Waals surface area contributed by atoms with Gasteiger partial charge in [0, 0.05) is 33.0 Å². The summed E-state index contributed by atoms with van der Waals surface area (Å²) in [7, 11) is -3.57. The number of nitrogens with one attached hydrogen (secondary N) is 1. The quantitative estimate of drug-likeness (QED) is 0.746. The van der Waals surface area contributed by atoms with Gasteiger partial charge in [-0.2, -0.15) is 4.31 Å². The van der Waals surface area contributed by atoms with E-state index in [4.69, 9.17) is 5.11 Å². The standard InChI is InChI=1S/C18H26N2O5S/c1-14(21)19-10-8-15-4-6-17(7-5-15)26(24,25)20-11-2-3-16(9-12-20)13-18(22)23/h4-7,16H,2-3,8-13H2,1H3,(H,19,21)(H,22,23). The van der Waals surface area contributed by atoms with Gasteiger partial charge in [0.05, 0.1) is 4.90 Å². The first-order valence-electron chi connectivity index (χ1n) is 8.84. The Morgan fingerprint density at radius 3 is 2.50 bits per heavy atom. The molecule has 1 aromatic carbocycles. The number of benzene rings is 1. The van der Waals surface area contributed by atoms with Crippen LogP contribution in [-0.4, -0.2) is 49.3 Å². The van der Waals surface area contributed by atoms with Crippen LogP contribution < -0.4 is 5.32 Å². The van der Waals surface area contributed by atoms with Crippen LogP contribution in [0.25, 0.3) is 0 Å². The predicted molar refractivity (Wildman–Crippen MR) is 97.2 cm³/mol. The smallest absolute Gasteiger partial charge is 0.303 e. The van der Waals surface area contributed by atoms with Crippen LogP contribution in [0.4, 0.5) is 0 Å². The molecule has 2 rings (SSSR count). The number of hydrogen-bond donors (Lipinski definition) is 2. The van der Waals surface area contributed by atoms with Crippen molar-refractivity contribution in [1.82, 2.24) is 9.62 Å². The number of carboxylic acid groups (broad SMARTS) is 1. The van der Waals surface area contributed by atoms with Crippen LogP contribution >= 0.6 is 0 Å². The van der Waals surface area contributed by atoms with Gasteiger partial charge < -0.3 is 10.4 Å². The third kappa shape index (κ3) is 5.81. The lowest BCUT2D eigenvalue weighted by atomic mass is 9.97. The molecule has 1 unspecified atom stereocenters. The largest absolute Gasteiger partial charge is 0.481 e. The average molecular weight is 382 g/mol. The number of carboxylic acids is 1. The molecule has 1 fully saturated rings. The summed E-state index contributed by atoms with van der Waals surface area (Å²) in [6, 6.07) is 6.72. The Labute approximate surface area is 154 Å². The van der Waals surface area contributed by atoms with Crippen LogP contribution in [0.2, 0.25) is 0 Å². The van der Waals surface area contributed by atoms with Gasteiger partial charge in [0.1, 0.15) is 0 Å². The number of amides is 1. The van der Waals surface area contributed by atoms with Crippen molar-refractivity contribution in [2.45, 2.75) is 43.9 Å². The number of carbonyl (C=O) groups excluding carboxylic acids is 1. The second-order valence-corrected chi connectivity index (χ2v) is 8.61. The van der Waals surface area contributed by atoms with E-state index < -0.39 is 16.0 Å². The molecule has 0 aromatic heterocycles. The minimum absolute atomic E-state index is 0.0313. The number of rotatable bonds is 7. The van der Waals surface area contributed by atoms with Crippen molar-refractivity contribution in [2.75, 3.05) is 19.6 Å². The summed E-state index contributed by atoms with van der Waals surface area (Å²) in [5.41, 5.74) is 0.954. The van der Waals surface area contributed by atoms with Crippen LogP contribution in [0.15, 0.2) is 29.2 Å². The first-order chi connectivity index (χ1) is 12.3. The van der Waals surface area contributed by atoms with Gasteiger partial charge >= 0.3 is 5.97 Å². The molecule has 0 bridgehead atoms. The van der Waals surface area contributed by atoms with E-state index in [1.807, 2.05) is 0 Å². The predicted octanol–water partition coefficient (Wildman–Crippen LogP) is 1.63. The number of aliphatic carboxylic acids is 1. The maximum Gasteiger partial charge on any atom is 0.303 e. The number of sulfonamides is 1. The fraction of sp³-hybridized carbons (Fsp3) is 0.556. The monoisotopic (exact) mass is 382 g/mol. The first kappa shape index (κ1) is 20.4. The van der Waals surface area contributed by atoms with Gasteiger partial charge in [-0.05, 0) is 49.3 Å². The van der Waals surface area contributed by atoms with Gasteiger partial charge in [0.25, 0.3) is 0 Å². The molecule has 26 heavy (non-hydrogen) atoms. The van der Waals surface area contributed by atoms with Crippen molar-refractivity contribution in [3.63, 3.8) is 0 Å². The highest BCUT2D eigenvalue weighted by Gasteiger charge is 2.28. The van der Waals surface area contributed by atoms with Gasteiger partial charge in [-0.15, -0.1) is 0 Å². The first-order valence-corrected chi connectivity index (χ1v) is 10.3. The van der Waals surface area contributed by atoms with Gasteiger partial charge in [-0.3, -0.25) is 9.59 Å². The minimum Gasteiger partial charge on any atom is -0.481 e. The van der Waals surface area contributed by atoms with Gasteiger partial charge in [0.2, 0.25) is 15.9 Å². The summed E-state index contributed by atoms with van der Waals surface area (Å²) in [6.45, 7) is 2.74. The number of carbonyl (C=O) groups is 2. The SMILES string of the molecule is CC(=O)NCCc1ccc(S(=O)(=O)N2CCCC(CC(=O)O)CC2)cc1. The van der Waals surface area contributed by atoms with Crippen LogP contribution in [0.1, 0.15) is 38.2 Å². The highest BCUT2D eigenvalue weighted by molar-refractivity contribution is 7.89. The zero-order chi connectivity index (χ0) is 19.2. The van der Waals surface area contributed by atoms with Crippen LogP contribution in [-0.2, 0) is 26.0 Å². The molecule has 0 spiro atoms. The lowest BCUT2D eigenvalue weighted by Crippen LogP contribution is -2.32. The molecule has 0 radical (unpaired) electrons. The maximum absolute atomic E-state index is 12.8. The van der Waals surface area contributed by atoms with Crippen molar-refractivity contribution in [2.24, 2.45) is 5.92 Å². The van der Waals surface area contributed by atoms with Crippen molar-refractivity contribution in [3.8, 4) is 0 Å². The molecular formula is C18H26N2O5S. The Hall–Kier alpha value is -1.93. The Morgan fingerprint density at radius 2 is 1.88 bits per heavy atom. The topological polar surface area (TPSA) is 104 Å². The molecule has 1 aromatic rings. The second-order valence-electron chi connectivity index (χ2n) is 6.68. The highest BCUT2D eigenvalue weighted by Crippen LogP contribution is 2.25. The van der Waals surface area contributed by atoms with Gasteiger partial charge in [0.15, 0.2) is 0 Å². The number of hydrogen-bond acceptors (Lipinski definition) is 4. The fourth-order valence-corrected chi connectivity index (χ4v) is 4.68. The van der Waals surface area contributed by atoms with E-state index in [1.54, 1.807) is 24.3 Å². The molecule has 7 nitrogen and oxygen atoms in total. The minimum atomic E-state index is -3.57. The second kappa shape index (κ2) is 9.14. The summed E-state index contributed by atoms with van der Waals surface area (Å²) in [6.07, 6.45) is 2.71. The Kier molecular flexibility index (Phi) is 7.16. The van der Waals surface area contributed by atoms with Crippen molar-refractivity contribution in [1.29, 1.82) is 0 Å². The van der Waals surface area contributed by atoms with E-state index in [2.05, 4.69) is 5.32 Å². The average Bonchev–Trinajstić information content (AvgIpc) is 2.80. The third-order valence-electron chi connectivity index (χ3n) is 4.62. The van der Waals surface area contributed by atoms with Crippen LogP contribution in [0.3, 0.4) is 0 Å². The molecule has 1 aliphatic rings. The molecule has 1 saturated heterocycles. The Bertz CT molecular complexity index is 730. The van der Waals surface area contributed by atoms with E-state index in [1.165, 1.54) is 11.2 Å². The molecule has 1 amide bonds. The summed E-state index contributed by atoms with van der Waals surface area (Å²) in [5, 5.41) is 11.6. The van der Waals surface area contributed by atoms with E-state index in [-0.39, 0.29) is 23.1 Å². The van der Waals surface area contributed by atoms with Crippen LogP contribution in [0, 0.1) is 5.92 Å². The van der Waals surface area contributed by atoms with E-state index in [0.717, 1.165) is 12.0 Å². The van der Waals surface area contributed by atoms with Gasteiger partial charge in [-0.1, -0.05) is 12.1 Å². The molecular weight excluding hydrogens is 356 g/mol. The lowest BCUT2D eigenvalue weighted by molar-refractivity contribution is -0.138. The van der Waals surface area contributed by atoms with Crippen molar-refractivity contribution >= 4 is 21.9 Å².